The van der Waals surface area contributed by atoms with Crippen LogP contribution < -0.4 is 15.4 Å². The fraction of sp³-hybridized carbons (Fsp3) is 0.406. The summed E-state index contributed by atoms with van der Waals surface area (Å²) in [6.07, 6.45) is 2.39. The van der Waals surface area contributed by atoms with E-state index in [-0.39, 0.29) is 37.2 Å². The quantitative estimate of drug-likeness (QED) is 0.259. The van der Waals surface area contributed by atoms with Gasteiger partial charge in [0.25, 0.3) is 0 Å². The lowest BCUT2D eigenvalue weighted by atomic mass is 9.94. The summed E-state index contributed by atoms with van der Waals surface area (Å²) in [7, 11) is 1.57. The summed E-state index contributed by atoms with van der Waals surface area (Å²) >= 11 is 1.45. The Morgan fingerprint density at radius 1 is 0.976 bits per heavy atom. The minimum Gasteiger partial charge on any atom is -0.497 e. The van der Waals surface area contributed by atoms with Crippen LogP contribution in [0.2, 0.25) is 0 Å². The van der Waals surface area contributed by atoms with Crippen molar-refractivity contribution in [1.29, 1.82) is 0 Å². The molecule has 4 atom stereocenters. The van der Waals surface area contributed by atoms with Crippen molar-refractivity contribution in [2.75, 3.05) is 13.7 Å². The number of ether oxygens (including phenoxy) is 2. The molecule has 0 radical (unpaired) electrons. The molecular weight excluding hydrogens is 554 g/mol. The van der Waals surface area contributed by atoms with E-state index in [4.69, 9.17) is 9.47 Å². The van der Waals surface area contributed by atoms with Gasteiger partial charge in [0.2, 0.25) is 11.8 Å². The average Bonchev–Trinajstić information content (AvgIpc) is 3.60. The second-order valence-corrected chi connectivity index (χ2v) is 12.2. The van der Waals surface area contributed by atoms with E-state index in [0.29, 0.717) is 12.4 Å². The summed E-state index contributed by atoms with van der Waals surface area (Å²) < 4.78 is 10.6. The molecule has 2 aromatic carbocycles. The van der Waals surface area contributed by atoms with Crippen molar-refractivity contribution in [3.63, 3.8) is 0 Å². The monoisotopic (exact) mass is 591 g/mol. The van der Waals surface area contributed by atoms with E-state index in [2.05, 4.69) is 15.6 Å². The number of thiazole rings is 1. The third-order valence-corrected chi connectivity index (χ3v) is 8.18. The summed E-state index contributed by atoms with van der Waals surface area (Å²) in [5.74, 6) is -1.19. The Morgan fingerprint density at radius 3 is 2.19 bits per heavy atom. The predicted molar refractivity (Wildman–Crippen MR) is 159 cm³/mol. The van der Waals surface area contributed by atoms with Crippen molar-refractivity contribution in [1.82, 2.24) is 15.6 Å². The number of carbonyl (C=O) groups is 4. The summed E-state index contributed by atoms with van der Waals surface area (Å²) in [4.78, 5) is 58.0. The Hall–Kier alpha value is -3.89. The summed E-state index contributed by atoms with van der Waals surface area (Å²) in [6, 6.07) is 14.8. The van der Waals surface area contributed by atoms with Gasteiger partial charge in [0.15, 0.2) is 5.78 Å². The first kappa shape index (κ1) is 31.1. The molecule has 0 saturated carbocycles. The number of ketones is 2. The maximum absolute atomic E-state index is 13.7. The molecule has 10 heteroatoms. The van der Waals surface area contributed by atoms with Crippen molar-refractivity contribution in [3.05, 3.63) is 81.8 Å². The van der Waals surface area contributed by atoms with Crippen LogP contribution >= 0.6 is 11.3 Å². The maximum atomic E-state index is 13.7. The van der Waals surface area contributed by atoms with Gasteiger partial charge in [0.1, 0.15) is 23.2 Å². The lowest BCUT2D eigenvalue weighted by Crippen LogP contribution is -2.55. The van der Waals surface area contributed by atoms with Crippen LogP contribution in [-0.4, -0.2) is 59.8 Å². The van der Waals surface area contributed by atoms with Gasteiger partial charge < -0.3 is 20.1 Å². The van der Waals surface area contributed by atoms with Crippen molar-refractivity contribution in [3.8, 4) is 5.75 Å². The number of rotatable bonds is 15. The van der Waals surface area contributed by atoms with Gasteiger partial charge in [-0.1, -0.05) is 49.4 Å². The number of hydrogen-bond donors (Lipinski definition) is 2. The molecule has 3 aromatic rings. The zero-order valence-corrected chi connectivity index (χ0v) is 25.2. The van der Waals surface area contributed by atoms with E-state index in [1.54, 1.807) is 39.3 Å². The normalized spacial score (nSPS) is 17.9. The van der Waals surface area contributed by atoms with E-state index >= 15 is 0 Å². The number of methoxy groups -OCH3 is 1. The second kappa shape index (κ2) is 13.8. The molecule has 1 unspecified atom stereocenters. The van der Waals surface area contributed by atoms with Crippen LogP contribution in [0.5, 0.6) is 5.75 Å². The van der Waals surface area contributed by atoms with Gasteiger partial charge in [-0.15, -0.1) is 11.3 Å². The van der Waals surface area contributed by atoms with Crippen LogP contribution in [-0.2, 0) is 43.2 Å². The van der Waals surface area contributed by atoms with E-state index < -0.39 is 35.4 Å². The van der Waals surface area contributed by atoms with Gasteiger partial charge in [0.05, 0.1) is 24.8 Å². The molecule has 9 nitrogen and oxygen atoms in total. The van der Waals surface area contributed by atoms with Crippen molar-refractivity contribution < 1.29 is 28.7 Å². The second-order valence-electron chi connectivity index (χ2n) is 10.9. The molecule has 2 N–H and O–H groups in total. The molecule has 0 spiro atoms. The van der Waals surface area contributed by atoms with Crippen molar-refractivity contribution >= 4 is 34.7 Å². The highest BCUT2D eigenvalue weighted by molar-refractivity contribution is 7.11. The Bertz CT molecular complexity index is 1400. The molecular formula is C32H37N3O6S. The third kappa shape index (κ3) is 8.56. The zero-order valence-electron chi connectivity index (χ0n) is 24.3. The smallest absolute Gasteiger partial charge is 0.243 e. The molecule has 222 valence electrons. The topological polar surface area (TPSA) is 127 Å². The average molecular weight is 592 g/mol. The highest BCUT2D eigenvalue weighted by Gasteiger charge is 2.50. The number of carbonyl (C=O) groups excluding carboxylic acids is 4. The Labute approximate surface area is 250 Å². The maximum Gasteiger partial charge on any atom is 0.243 e. The van der Waals surface area contributed by atoms with Crippen molar-refractivity contribution in [2.24, 2.45) is 5.92 Å². The first-order valence-corrected chi connectivity index (χ1v) is 14.8. The van der Waals surface area contributed by atoms with E-state index in [1.165, 1.54) is 11.3 Å². The number of amides is 2. The zero-order chi connectivity index (χ0) is 30.3. The van der Waals surface area contributed by atoms with Crippen LogP contribution in [0, 0.1) is 12.8 Å². The van der Waals surface area contributed by atoms with Crippen molar-refractivity contribution in [2.45, 2.75) is 64.1 Å². The molecule has 4 rings (SSSR count). The molecule has 1 aliphatic heterocycles. The predicted octanol–water partition coefficient (Wildman–Crippen LogP) is 3.41. The number of nitrogens with one attached hydrogen (secondary N) is 2. The Kier molecular flexibility index (Phi) is 10.2. The van der Waals surface area contributed by atoms with E-state index in [0.717, 1.165) is 21.0 Å². The summed E-state index contributed by atoms with van der Waals surface area (Å²) in [5, 5.41) is 6.61. The van der Waals surface area contributed by atoms with Gasteiger partial charge in [-0.25, -0.2) is 4.98 Å². The minimum absolute atomic E-state index is 0.0322. The molecule has 0 bridgehead atoms. The van der Waals surface area contributed by atoms with Gasteiger partial charge in [-0.3, -0.25) is 19.2 Å². The van der Waals surface area contributed by atoms with E-state index in [1.807, 2.05) is 49.4 Å². The van der Waals surface area contributed by atoms with Gasteiger partial charge in [-0.2, -0.15) is 0 Å². The highest BCUT2D eigenvalue weighted by atomic mass is 32.1. The first-order valence-electron chi connectivity index (χ1n) is 13.9. The molecule has 2 heterocycles. The van der Waals surface area contributed by atoms with E-state index in [9.17, 15) is 19.2 Å². The first-order chi connectivity index (χ1) is 20.1. The van der Waals surface area contributed by atoms with Gasteiger partial charge in [-0.05, 0) is 43.5 Å². The number of epoxide rings is 1. The number of aryl methyl sites for hydroxylation is 1. The fourth-order valence-electron chi connectivity index (χ4n) is 4.66. The SMILES string of the molecule is COc1ccc(C[C@H](NC(=O)[C@H](C)CC(=O)Cc2cnc(C)s2)C(=O)NC(Cc2ccccc2)C(=O)[C@@]2(C)CO2)cc1. The number of Topliss-reactive ketones (excluding diaryl/α,β-unsaturated/α-hetero) is 2. The highest BCUT2D eigenvalue weighted by Crippen LogP contribution is 2.29. The number of nitrogens with zero attached hydrogens (tertiary/aromatic N) is 1. The number of aromatic nitrogens is 1. The number of hydrogen-bond acceptors (Lipinski definition) is 8. The third-order valence-electron chi connectivity index (χ3n) is 7.27. The van der Waals surface area contributed by atoms with Crippen LogP contribution in [0.4, 0.5) is 0 Å². The van der Waals surface area contributed by atoms with Gasteiger partial charge in [0, 0.05) is 36.3 Å². The standard InChI is InChI=1S/C32H37N3O6S/c1-20(14-24(36)17-26-18-33-21(2)42-26)30(38)35-28(16-23-10-12-25(40-4)13-11-23)31(39)34-27(29(37)32(3)19-41-32)15-22-8-6-5-7-9-22/h5-13,18,20,27-28H,14-17,19H2,1-4H3,(H,34,39)(H,35,38)/t20-,27?,28+,32-/m1/s1. The molecule has 1 aliphatic rings. The lowest BCUT2D eigenvalue weighted by molar-refractivity contribution is -0.134. The lowest BCUT2D eigenvalue weighted by Gasteiger charge is -2.25. The fourth-order valence-corrected chi connectivity index (χ4v) is 5.48. The van der Waals surface area contributed by atoms with Crippen LogP contribution in [0.15, 0.2) is 60.8 Å². The molecule has 0 aliphatic carbocycles. The van der Waals surface area contributed by atoms with Crippen LogP contribution in [0.3, 0.4) is 0 Å². The van der Waals surface area contributed by atoms with Crippen LogP contribution in [0.1, 0.15) is 41.3 Å². The van der Waals surface area contributed by atoms with Crippen LogP contribution in [0.25, 0.3) is 0 Å². The molecule has 42 heavy (non-hydrogen) atoms. The largest absolute Gasteiger partial charge is 0.497 e. The molecule has 2 amide bonds. The number of benzene rings is 2. The molecule has 1 saturated heterocycles. The molecule has 1 aromatic heterocycles. The summed E-state index contributed by atoms with van der Waals surface area (Å²) in [6.45, 7) is 5.55. The van der Waals surface area contributed by atoms with Gasteiger partial charge >= 0.3 is 0 Å². The molecule has 1 fully saturated rings. The Balaban J connectivity index is 1.48. The minimum atomic E-state index is -0.980. The summed E-state index contributed by atoms with van der Waals surface area (Å²) in [5.41, 5.74) is 0.746. The Morgan fingerprint density at radius 2 is 1.60 bits per heavy atom.